The number of likely N-dealkylation sites (N-methyl/N-ethyl adjacent to an activating group) is 1. The van der Waals surface area contributed by atoms with Gasteiger partial charge >= 0.3 is 0 Å². The third kappa shape index (κ3) is 2.44. The van der Waals surface area contributed by atoms with Crippen LogP contribution in [-0.4, -0.2) is 34.2 Å². The van der Waals surface area contributed by atoms with Gasteiger partial charge in [-0.1, -0.05) is 12.1 Å². The Morgan fingerprint density at radius 2 is 2.06 bits per heavy atom. The van der Waals surface area contributed by atoms with Crippen molar-refractivity contribution in [3.8, 4) is 5.75 Å². The fourth-order valence-corrected chi connectivity index (χ4v) is 2.23. The van der Waals surface area contributed by atoms with E-state index < -0.39 is 0 Å². The van der Waals surface area contributed by atoms with E-state index >= 15 is 0 Å². The first-order chi connectivity index (χ1) is 8.30. The molecule has 1 aromatic rings. The summed E-state index contributed by atoms with van der Waals surface area (Å²) in [6, 6.07) is 6.26. The van der Waals surface area contributed by atoms with Gasteiger partial charge in [-0.2, -0.15) is 0 Å². The van der Waals surface area contributed by atoms with Gasteiger partial charge in [0.15, 0.2) is 6.29 Å². The molecule has 0 amide bonds. The highest BCUT2D eigenvalue weighted by atomic mass is 16.7. The standard InChI is InChI=1S/C13H19NO3/c1-14-12(13(15-2)16-3)10-4-5-11-9(8-10)6-7-17-11/h4-5,8,12-14H,6-7H2,1-3H3. The Hall–Kier alpha value is -1.10. The molecule has 4 heteroatoms. The highest BCUT2D eigenvalue weighted by molar-refractivity contribution is 5.40. The highest BCUT2D eigenvalue weighted by Gasteiger charge is 2.23. The summed E-state index contributed by atoms with van der Waals surface area (Å²) in [5.74, 6) is 0.995. The number of nitrogens with one attached hydrogen (secondary N) is 1. The van der Waals surface area contributed by atoms with E-state index in [4.69, 9.17) is 14.2 Å². The Balaban J connectivity index is 2.25. The lowest BCUT2D eigenvalue weighted by Crippen LogP contribution is -2.32. The quantitative estimate of drug-likeness (QED) is 0.788. The largest absolute Gasteiger partial charge is 0.493 e. The van der Waals surface area contributed by atoms with Crippen LogP contribution in [0.4, 0.5) is 0 Å². The number of hydrogen-bond donors (Lipinski definition) is 1. The molecular weight excluding hydrogens is 218 g/mol. The summed E-state index contributed by atoms with van der Waals surface area (Å²) in [5, 5.41) is 3.22. The van der Waals surface area contributed by atoms with Crippen LogP contribution in [0.5, 0.6) is 5.75 Å². The first-order valence-electron chi connectivity index (χ1n) is 5.78. The molecule has 17 heavy (non-hydrogen) atoms. The van der Waals surface area contributed by atoms with Crippen LogP contribution in [-0.2, 0) is 15.9 Å². The van der Waals surface area contributed by atoms with Gasteiger partial charge in [0.1, 0.15) is 5.75 Å². The summed E-state index contributed by atoms with van der Waals surface area (Å²) >= 11 is 0. The third-order valence-corrected chi connectivity index (χ3v) is 3.12. The van der Waals surface area contributed by atoms with Crippen LogP contribution in [0.2, 0.25) is 0 Å². The minimum Gasteiger partial charge on any atom is -0.493 e. The van der Waals surface area contributed by atoms with Gasteiger partial charge < -0.3 is 19.5 Å². The zero-order valence-corrected chi connectivity index (χ0v) is 10.5. The van der Waals surface area contributed by atoms with E-state index in [0.717, 1.165) is 24.3 Å². The first-order valence-corrected chi connectivity index (χ1v) is 5.78. The molecule has 94 valence electrons. The van der Waals surface area contributed by atoms with E-state index in [0.29, 0.717) is 0 Å². The minimum absolute atomic E-state index is 0.0240. The Labute approximate surface area is 102 Å². The predicted molar refractivity (Wildman–Crippen MR) is 65.2 cm³/mol. The molecule has 4 nitrogen and oxygen atoms in total. The van der Waals surface area contributed by atoms with Crippen LogP contribution in [0.15, 0.2) is 18.2 Å². The maximum Gasteiger partial charge on any atom is 0.176 e. The average molecular weight is 237 g/mol. The van der Waals surface area contributed by atoms with Crippen molar-refractivity contribution in [1.82, 2.24) is 5.32 Å². The molecule has 0 saturated carbocycles. The van der Waals surface area contributed by atoms with Crippen molar-refractivity contribution in [2.45, 2.75) is 18.8 Å². The Morgan fingerprint density at radius 1 is 1.29 bits per heavy atom. The van der Waals surface area contributed by atoms with Gasteiger partial charge in [0, 0.05) is 20.6 Å². The molecule has 0 aromatic heterocycles. The number of fused-ring (bicyclic) bond motifs is 1. The second-order valence-corrected chi connectivity index (χ2v) is 4.07. The zero-order chi connectivity index (χ0) is 12.3. The summed E-state index contributed by atoms with van der Waals surface area (Å²) in [7, 11) is 5.20. The van der Waals surface area contributed by atoms with Crippen molar-refractivity contribution in [3.05, 3.63) is 29.3 Å². The van der Waals surface area contributed by atoms with E-state index in [1.165, 1.54) is 5.56 Å². The summed E-state index contributed by atoms with van der Waals surface area (Å²) < 4.78 is 16.1. The first kappa shape index (κ1) is 12.4. The average Bonchev–Trinajstić information content (AvgIpc) is 2.82. The van der Waals surface area contributed by atoms with Crippen LogP contribution in [0.3, 0.4) is 0 Å². The maximum absolute atomic E-state index is 5.50. The highest BCUT2D eigenvalue weighted by Crippen LogP contribution is 2.29. The van der Waals surface area contributed by atoms with Crippen LogP contribution in [0.1, 0.15) is 17.2 Å². The number of ether oxygens (including phenoxy) is 3. The van der Waals surface area contributed by atoms with E-state index in [9.17, 15) is 0 Å². The normalized spacial score (nSPS) is 15.8. The molecule has 0 bridgehead atoms. The molecule has 1 aromatic carbocycles. The van der Waals surface area contributed by atoms with Crippen molar-refractivity contribution in [1.29, 1.82) is 0 Å². The van der Waals surface area contributed by atoms with Crippen LogP contribution < -0.4 is 10.1 Å². The lowest BCUT2D eigenvalue weighted by atomic mass is 10.0. The molecule has 0 aliphatic carbocycles. The van der Waals surface area contributed by atoms with Crippen LogP contribution >= 0.6 is 0 Å². The Bertz CT molecular complexity index is 377. The molecule has 0 spiro atoms. The van der Waals surface area contributed by atoms with Gasteiger partial charge in [0.2, 0.25) is 0 Å². The molecule has 1 aliphatic heterocycles. The third-order valence-electron chi connectivity index (χ3n) is 3.12. The summed E-state index contributed by atoms with van der Waals surface area (Å²) in [5.41, 5.74) is 2.42. The molecule has 1 N–H and O–H groups in total. The van der Waals surface area contributed by atoms with Crippen LogP contribution in [0.25, 0.3) is 0 Å². The molecule has 1 atom stereocenters. The van der Waals surface area contributed by atoms with Crippen molar-refractivity contribution in [2.24, 2.45) is 0 Å². The van der Waals surface area contributed by atoms with E-state index in [-0.39, 0.29) is 12.3 Å². The monoisotopic (exact) mass is 237 g/mol. The van der Waals surface area contributed by atoms with E-state index in [1.54, 1.807) is 14.2 Å². The van der Waals surface area contributed by atoms with Gasteiger partial charge in [-0.25, -0.2) is 0 Å². The lowest BCUT2D eigenvalue weighted by molar-refractivity contribution is -0.123. The maximum atomic E-state index is 5.50. The van der Waals surface area contributed by atoms with Gasteiger partial charge in [0.25, 0.3) is 0 Å². The molecule has 0 radical (unpaired) electrons. The molecular formula is C13H19NO3. The fraction of sp³-hybridized carbons (Fsp3) is 0.538. The Morgan fingerprint density at radius 3 is 2.71 bits per heavy atom. The summed E-state index contributed by atoms with van der Waals surface area (Å²) in [4.78, 5) is 0. The van der Waals surface area contributed by atoms with Crippen molar-refractivity contribution < 1.29 is 14.2 Å². The Kier molecular flexibility index (Phi) is 3.99. The lowest BCUT2D eigenvalue weighted by Gasteiger charge is -2.25. The van der Waals surface area contributed by atoms with Crippen molar-refractivity contribution in [2.75, 3.05) is 27.9 Å². The van der Waals surface area contributed by atoms with E-state index in [2.05, 4.69) is 17.4 Å². The molecule has 2 rings (SSSR count). The molecule has 0 saturated heterocycles. The topological polar surface area (TPSA) is 39.7 Å². The number of hydrogen-bond acceptors (Lipinski definition) is 4. The molecule has 1 heterocycles. The van der Waals surface area contributed by atoms with Gasteiger partial charge in [-0.3, -0.25) is 0 Å². The van der Waals surface area contributed by atoms with Crippen molar-refractivity contribution in [3.63, 3.8) is 0 Å². The molecule has 1 aliphatic rings. The van der Waals surface area contributed by atoms with E-state index in [1.807, 2.05) is 13.1 Å². The smallest absolute Gasteiger partial charge is 0.176 e. The zero-order valence-electron chi connectivity index (χ0n) is 10.5. The predicted octanol–water partition coefficient (Wildman–Crippen LogP) is 1.50. The summed E-state index contributed by atoms with van der Waals surface area (Å²) in [6.07, 6.45) is 0.685. The number of rotatable bonds is 5. The van der Waals surface area contributed by atoms with Crippen LogP contribution in [0, 0.1) is 0 Å². The molecule has 0 fully saturated rings. The second kappa shape index (κ2) is 5.49. The minimum atomic E-state index is -0.291. The second-order valence-electron chi connectivity index (χ2n) is 4.07. The number of benzene rings is 1. The fourth-order valence-electron chi connectivity index (χ4n) is 2.23. The SMILES string of the molecule is CNC(c1ccc2c(c1)CCO2)C(OC)OC. The summed E-state index contributed by atoms with van der Waals surface area (Å²) in [6.45, 7) is 0.779. The van der Waals surface area contributed by atoms with Gasteiger partial charge in [0.05, 0.1) is 12.6 Å². The van der Waals surface area contributed by atoms with Gasteiger partial charge in [-0.15, -0.1) is 0 Å². The van der Waals surface area contributed by atoms with Gasteiger partial charge in [-0.05, 0) is 24.2 Å². The molecule has 1 unspecified atom stereocenters. The van der Waals surface area contributed by atoms with Crippen molar-refractivity contribution >= 4 is 0 Å². The number of methoxy groups -OCH3 is 2.